The van der Waals surface area contributed by atoms with Gasteiger partial charge in [-0.15, -0.1) is 15.3 Å². The van der Waals surface area contributed by atoms with Gasteiger partial charge >= 0.3 is 12.5 Å². The lowest BCUT2D eigenvalue weighted by molar-refractivity contribution is -0.125. The molecule has 0 saturated heterocycles. The van der Waals surface area contributed by atoms with Crippen LogP contribution in [-0.4, -0.2) is 53.3 Å². The Morgan fingerprint density at radius 1 is 1.12 bits per heavy atom. The van der Waals surface area contributed by atoms with Crippen molar-refractivity contribution in [3.05, 3.63) is 60.4 Å². The number of aromatic nitrogens is 6. The summed E-state index contributed by atoms with van der Waals surface area (Å²) in [5, 5.41) is 21.0. The number of benzene rings is 1. The van der Waals surface area contributed by atoms with Gasteiger partial charge in [-0.25, -0.2) is 9.48 Å². The Hall–Kier alpha value is -4.75. The molecule has 0 unspecified atom stereocenters. The van der Waals surface area contributed by atoms with Gasteiger partial charge in [0, 0.05) is 17.4 Å². The van der Waals surface area contributed by atoms with E-state index in [2.05, 4.69) is 36.1 Å². The molecule has 5 rings (SSSR count). The minimum absolute atomic E-state index is 0.0433. The van der Waals surface area contributed by atoms with E-state index in [1.807, 2.05) is 6.07 Å². The van der Waals surface area contributed by atoms with Crippen molar-refractivity contribution in [3.63, 3.8) is 0 Å². The van der Waals surface area contributed by atoms with Crippen LogP contribution >= 0.6 is 0 Å². The summed E-state index contributed by atoms with van der Waals surface area (Å²) in [5.74, 6) is -1.10. The number of nitrogens with zero attached hydrogens (tertiary/aromatic N) is 6. The quantitative estimate of drug-likeness (QED) is 0.308. The zero-order valence-corrected chi connectivity index (χ0v) is 22.6. The molecule has 0 spiro atoms. The van der Waals surface area contributed by atoms with E-state index in [9.17, 15) is 18.4 Å². The summed E-state index contributed by atoms with van der Waals surface area (Å²) >= 11 is 0. The first-order valence-corrected chi connectivity index (χ1v) is 12.9. The molecule has 3 heterocycles. The van der Waals surface area contributed by atoms with E-state index in [-0.39, 0.29) is 11.8 Å². The third kappa shape index (κ3) is 6.53. The molecule has 2 N–H and O–H groups in total. The van der Waals surface area contributed by atoms with Gasteiger partial charge in [-0.2, -0.15) is 8.78 Å². The molecule has 1 fully saturated rings. The monoisotopic (exact) mass is 566 g/mol. The lowest BCUT2D eigenvalue weighted by Crippen LogP contribution is -2.61. The minimum Gasteiger partial charge on any atom is -0.444 e. The number of amides is 2. The number of pyridine rings is 1. The lowest BCUT2D eigenvalue weighted by Gasteiger charge is -2.40. The van der Waals surface area contributed by atoms with E-state index >= 15 is 0 Å². The Morgan fingerprint density at radius 2 is 1.93 bits per heavy atom. The van der Waals surface area contributed by atoms with Crippen molar-refractivity contribution in [3.8, 4) is 22.7 Å². The highest BCUT2D eigenvalue weighted by molar-refractivity contribution is 6.01. The van der Waals surface area contributed by atoms with Gasteiger partial charge in [0.1, 0.15) is 16.8 Å². The predicted molar refractivity (Wildman–Crippen MR) is 142 cm³/mol. The first kappa shape index (κ1) is 27.8. The number of hydrogen-bond acceptors (Lipinski definition) is 9. The highest BCUT2D eigenvalue weighted by Crippen LogP contribution is 2.34. The zero-order valence-electron chi connectivity index (χ0n) is 22.6. The summed E-state index contributed by atoms with van der Waals surface area (Å²) in [5.41, 5.74) is 1.22. The van der Waals surface area contributed by atoms with Gasteiger partial charge in [0.15, 0.2) is 0 Å². The highest BCUT2D eigenvalue weighted by Gasteiger charge is 2.46. The van der Waals surface area contributed by atoms with Crippen LogP contribution in [0.25, 0.3) is 22.7 Å². The van der Waals surface area contributed by atoms with Crippen molar-refractivity contribution in [2.45, 2.75) is 64.1 Å². The molecule has 3 aromatic heterocycles. The average molecular weight is 567 g/mol. The summed E-state index contributed by atoms with van der Waals surface area (Å²) < 4.78 is 37.3. The fourth-order valence-corrected chi connectivity index (χ4v) is 4.20. The third-order valence-corrected chi connectivity index (χ3v) is 6.36. The Bertz CT molecular complexity index is 1540. The van der Waals surface area contributed by atoms with Crippen molar-refractivity contribution in [1.82, 2.24) is 35.5 Å². The molecule has 2 amide bonds. The van der Waals surface area contributed by atoms with Crippen molar-refractivity contribution in [2.75, 3.05) is 5.32 Å². The van der Waals surface area contributed by atoms with Gasteiger partial charge in [-0.3, -0.25) is 9.78 Å². The number of hydrogen-bond donors (Lipinski definition) is 2. The van der Waals surface area contributed by atoms with E-state index in [0.717, 1.165) is 12.0 Å². The molecule has 1 saturated carbocycles. The standard InChI is InChI=1S/C27H28F2N8O4/c1-26(2,3)41-25(39)32-27(10-5-11-27)24(38)31-18-7-4-6-16(12-18)20-15-37(36-33-20)14-19-9-8-17(13-30-19)22-34-35-23(40-22)21(28)29/h4,6-9,12-13,15,21H,5,10-11,14H2,1-3H3,(H,31,38)(H,32,39). The lowest BCUT2D eigenvalue weighted by atomic mass is 9.76. The Labute approximate surface area is 233 Å². The molecule has 1 aromatic carbocycles. The van der Waals surface area contributed by atoms with E-state index in [0.29, 0.717) is 42.0 Å². The molecule has 214 valence electrons. The number of alkyl halides is 2. The summed E-state index contributed by atoms with van der Waals surface area (Å²) in [6.45, 7) is 5.60. The molecule has 0 aliphatic heterocycles. The number of nitrogens with one attached hydrogen (secondary N) is 2. The van der Waals surface area contributed by atoms with E-state index in [4.69, 9.17) is 9.15 Å². The highest BCUT2D eigenvalue weighted by atomic mass is 19.3. The van der Waals surface area contributed by atoms with Crippen LogP contribution in [0.2, 0.25) is 0 Å². The normalized spacial score (nSPS) is 14.4. The first-order valence-electron chi connectivity index (χ1n) is 12.9. The first-order chi connectivity index (χ1) is 19.5. The second-order valence-electron chi connectivity index (χ2n) is 10.7. The van der Waals surface area contributed by atoms with Gasteiger partial charge in [-0.05, 0) is 64.3 Å². The topological polar surface area (TPSA) is 150 Å². The van der Waals surface area contributed by atoms with Gasteiger partial charge in [0.05, 0.1) is 24.0 Å². The van der Waals surface area contributed by atoms with Crippen molar-refractivity contribution >= 4 is 17.7 Å². The Balaban J connectivity index is 1.22. The number of anilines is 1. The number of rotatable bonds is 8. The average Bonchev–Trinajstić information content (AvgIpc) is 3.56. The van der Waals surface area contributed by atoms with E-state index in [1.54, 1.807) is 62.0 Å². The van der Waals surface area contributed by atoms with Crippen molar-refractivity contribution in [2.24, 2.45) is 0 Å². The largest absolute Gasteiger partial charge is 0.444 e. The maximum atomic E-state index is 13.2. The Morgan fingerprint density at radius 3 is 2.56 bits per heavy atom. The van der Waals surface area contributed by atoms with Crippen LogP contribution in [0.15, 0.2) is 53.2 Å². The van der Waals surface area contributed by atoms with Crippen molar-refractivity contribution < 1.29 is 27.5 Å². The van der Waals surface area contributed by atoms with Crippen LogP contribution in [-0.2, 0) is 16.1 Å². The van der Waals surface area contributed by atoms with Crippen molar-refractivity contribution in [1.29, 1.82) is 0 Å². The van der Waals surface area contributed by atoms with Gasteiger partial charge < -0.3 is 19.8 Å². The number of halogens is 2. The molecule has 14 heteroatoms. The SMILES string of the molecule is CC(C)(C)OC(=O)NC1(C(=O)Nc2cccc(-c3cn(Cc4ccc(-c5nnc(C(F)F)o5)cn4)nn3)c2)CCC1. The summed E-state index contributed by atoms with van der Waals surface area (Å²) in [7, 11) is 0. The minimum atomic E-state index is -2.84. The summed E-state index contributed by atoms with van der Waals surface area (Å²) in [6.07, 6.45) is 1.58. The smallest absolute Gasteiger partial charge is 0.408 e. The van der Waals surface area contributed by atoms with Gasteiger partial charge in [0.25, 0.3) is 5.89 Å². The Kier molecular flexibility index (Phi) is 7.47. The maximum Gasteiger partial charge on any atom is 0.408 e. The van der Waals surface area contributed by atoms with Gasteiger partial charge in [-0.1, -0.05) is 17.3 Å². The molecule has 12 nitrogen and oxygen atoms in total. The van der Waals surface area contributed by atoms with Crippen LogP contribution in [0.3, 0.4) is 0 Å². The molecule has 1 aliphatic rings. The molecule has 4 aromatic rings. The van der Waals surface area contributed by atoms with E-state index in [1.165, 1.54) is 6.20 Å². The summed E-state index contributed by atoms with van der Waals surface area (Å²) in [6, 6.07) is 10.5. The molecular formula is C27H28F2N8O4. The number of ether oxygens (including phenoxy) is 1. The molecule has 0 bridgehead atoms. The molecule has 0 atom stereocenters. The predicted octanol–water partition coefficient (Wildman–Crippen LogP) is 4.76. The molecule has 1 aliphatic carbocycles. The number of carbonyl (C=O) groups is 2. The molecule has 0 radical (unpaired) electrons. The van der Waals surface area contributed by atoms with Crippen LogP contribution in [0.1, 0.15) is 58.0 Å². The van der Waals surface area contributed by atoms with Crippen LogP contribution in [0, 0.1) is 0 Å². The van der Waals surface area contributed by atoms with Crippen LogP contribution < -0.4 is 10.6 Å². The summed E-state index contributed by atoms with van der Waals surface area (Å²) in [4.78, 5) is 29.8. The second kappa shape index (κ2) is 11.0. The number of alkyl carbamates (subject to hydrolysis) is 1. The number of carbonyl (C=O) groups excluding carboxylic acids is 2. The molecular weight excluding hydrogens is 538 g/mol. The van der Waals surface area contributed by atoms with E-state index < -0.39 is 29.5 Å². The fraction of sp³-hybridized carbons (Fsp3) is 0.370. The zero-order chi connectivity index (χ0) is 29.2. The van der Waals surface area contributed by atoms with Gasteiger partial charge in [0.2, 0.25) is 11.8 Å². The fourth-order valence-electron chi connectivity index (χ4n) is 4.20. The molecule has 41 heavy (non-hydrogen) atoms. The van der Waals surface area contributed by atoms with Crippen LogP contribution in [0.4, 0.5) is 19.3 Å². The van der Waals surface area contributed by atoms with Crippen LogP contribution in [0.5, 0.6) is 0 Å². The maximum absolute atomic E-state index is 13.2. The second-order valence-corrected chi connectivity index (χ2v) is 10.7. The third-order valence-electron chi connectivity index (χ3n) is 6.36.